The fraction of sp³-hybridized carbons (Fsp3) is 0.323. The highest BCUT2D eigenvalue weighted by Gasteiger charge is 2.31. The van der Waals surface area contributed by atoms with Crippen molar-refractivity contribution in [1.29, 1.82) is 0 Å². The summed E-state index contributed by atoms with van der Waals surface area (Å²) in [6.07, 6.45) is 0.881. The highest BCUT2D eigenvalue weighted by atomic mass is 32.2. The molecule has 42 heavy (non-hydrogen) atoms. The molecule has 224 valence electrons. The normalized spacial score (nSPS) is 14.3. The molecule has 10 nitrogen and oxygen atoms in total. The van der Waals surface area contributed by atoms with Gasteiger partial charge in [-0.25, -0.2) is 9.59 Å². The summed E-state index contributed by atoms with van der Waals surface area (Å²) in [5.41, 5.74) is 3.20. The maximum absolute atomic E-state index is 13.8. The second-order valence-corrected chi connectivity index (χ2v) is 10.5. The van der Waals surface area contributed by atoms with Gasteiger partial charge in [0.2, 0.25) is 5.91 Å². The Kier molecular flexibility index (Phi) is 12.1. The zero-order chi connectivity index (χ0) is 30.6. The molecule has 2 N–H and O–H groups in total. The summed E-state index contributed by atoms with van der Waals surface area (Å²) in [6.45, 7) is 2.27. The fourth-order valence-corrected chi connectivity index (χ4v) is 5.58. The maximum atomic E-state index is 13.8. The lowest BCUT2D eigenvalue weighted by Crippen LogP contribution is -2.40. The third-order valence-electron chi connectivity index (χ3n) is 6.76. The second kappa shape index (κ2) is 15.7. The van der Waals surface area contributed by atoms with Crippen LogP contribution in [0.25, 0.3) is 0 Å². The fourth-order valence-electron chi connectivity index (χ4n) is 4.40. The number of carbonyl (C=O) groups is 3. The van der Waals surface area contributed by atoms with Gasteiger partial charge in [-0.05, 0) is 61.0 Å². The number of hydrogen-bond donors (Lipinski definition) is 2. The van der Waals surface area contributed by atoms with Gasteiger partial charge in [-0.15, -0.1) is 11.8 Å². The summed E-state index contributed by atoms with van der Waals surface area (Å²) in [4.78, 5) is 37.4. The molecule has 4 rings (SSSR count). The van der Waals surface area contributed by atoms with Gasteiger partial charge in [0.25, 0.3) is 0 Å². The Bertz CT molecular complexity index is 1350. The van der Waals surface area contributed by atoms with Crippen LogP contribution in [0.5, 0.6) is 17.2 Å². The Labute approximate surface area is 249 Å². The monoisotopic (exact) mass is 596 g/mol. The first-order chi connectivity index (χ1) is 20.2. The van der Waals surface area contributed by atoms with Gasteiger partial charge in [-0.2, -0.15) is 0 Å². The number of amides is 1. The van der Waals surface area contributed by atoms with Crippen molar-refractivity contribution in [1.82, 2.24) is 4.90 Å². The van der Waals surface area contributed by atoms with Crippen LogP contribution in [-0.4, -0.2) is 86.7 Å². The molecule has 0 saturated heterocycles. The van der Waals surface area contributed by atoms with E-state index >= 15 is 0 Å². The molecule has 3 aromatic rings. The summed E-state index contributed by atoms with van der Waals surface area (Å²) in [5, 5.41) is 14.8. The van der Waals surface area contributed by atoms with Crippen molar-refractivity contribution in [3.8, 4) is 17.2 Å². The summed E-state index contributed by atoms with van der Waals surface area (Å²) in [6, 6.07) is 22.1. The van der Waals surface area contributed by atoms with Crippen LogP contribution in [-0.2, 0) is 20.8 Å². The van der Waals surface area contributed by atoms with Crippen LogP contribution in [0.1, 0.15) is 17.0 Å². The number of thioether (sulfide) groups is 1. The average molecular weight is 597 g/mol. The van der Waals surface area contributed by atoms with Crippen molar-refractivity contribution in [2.75, 3.05) is 58.7 Å². The van der Waals surface area contributed by atoms with Crippen LogP contribution in [0.3, 0.4) is 0 Å². The Morgan fingerprint density at radius 1 is 0.905 bits per heavy atom. The number of nitrogens with zero attached hydrogens (tertiary/aromatic N) is 2. The molecule has 1 aliphatic rings. The van der Waals surface area contributed by atoms with Crippen LogP contribution in [0, 0.1) is 0 Å². The first-order valence-electron chi connectivity index (χ1n) is 13.2. The molecule has 3 aromatic carbocycles. The number of ether oxygens (including phenoxy) is 3. The number of methoxy groups -OCH3 is 3. The van der Waals surface area contributed by atoms with E-state index in [0.29, 0.717) is 12.3 Å². The number of rotatable bonds is 10. The summed E-state index contributed by atoms with van der Waals surface area (Å²) >= 11 is 1.75. The van der Waals surface area contributed by atoms with E-state index in [1.807, 2.05) is 53.4 Å². The molecule has 0 spiro atoms. The molecule has 0 fully saturated rings. The van der Waals surface area contributed by atoms with E-state index in [4.69, 9.17) is 34.0 Å². The van der Waals surface area contributed by atoms with Crippen molar-refractivity contribution >= 4 is 35.3 Å². The number of likely N-dealkylation sites (N-methyl/N-ethyl adjacent to an activating group) is 1. The minimum absolute atomic E-state index is 0.144. The largest absolute Gasteiger partial charge is 0.497 e. The Balaban J connectivity index is 0.000000730. The topological polar surface area (TPSA) is 126 Å². The molecule has 1 heterocycles. The summed E-state index contributed by atoms with van der Waals surface area (Å²) in [7, 11) is 7.05. The average Bonchev–Trinajstić information content (AvgIpc) is 3.14. The number of carboxylic acid groups (broad SMARTS) is 2. The predicted octanol–water partition coefficient (Wildman–Crippen LogP) is 4.27. The number of anilines is 1. The van der Waals surface area contributed by atoms with Crippen LogP contribution in [0.2, 0.25) is 0 Å². The van der Waals surface area contributed by atoms with Gasteiger partial charge in [-0.3, -0.25) is 4.79 Å². The van der Waals surface area contributed by atoms with E-state index in [1.54, 1.807) is 33.1 Å². The highest BCUT2D eigenvalue weighted by Crippen LogP contribution is 2.39. The number of para-hydroxylation sites is 1. The van der Waals surface area contributed by atoms with E-state index in [1.165, 1.54) is 5.56 Å². The Morgan fingerprint density at radius 2 is 1.57 bits per heavy atom. The molecule has 1 aliphatic heterocycles. The number of carboxylic acids is 2. The number of carbonyl (C=O) groups excluding carboxylic acids is 1. The van der Waals surface area contributed by atoms with Crippen LogP contribution in [0.15, 0.2) is 71.6 Å². The van der Waals surface area contributed by atoms with E-state index in [2.05, 4.69) is 30.1 Å². The standard InChI is InChI=1S/C29H34N2O4S.C2H2O4/c1-30(16-15-21-9-14-26(34-3)27(19-21)35-4)17-18-31-25-7-5-6-8-28(25)36-20-24(29(31)32)22-10-12-23(33-2)13-11-22;3-1(4)2(5)6/h5-14,19,24H,15-18,20H2,1-4H3;(H,3,4)(H,5,6). The van der Waals surface area contributed by atoms with Crippen LogP contribution in [0.4, 0.5) is 5.69 Å². The van der Waals surface area contributed by atoms with Crippen molar-refractivity contribution in [3.05, 3.63) is 77.9 Å². The van der Waals surface area contributed by atoms with Gasteiger partial charge in [0, 0.05) is 30.3 Å². The molecule has 1 unspecified atom stereocenters. The SMILES string of the molecule is COc1ccc(C2CSc3ccccc3N(CCN(C)CCc3ccc(OC)c(OC)c3)C2=O)cc1.O=C(O)C(=O)O. The third-order valence-corrected chi connectivity index (χ3v) is 7.92. The molecule has 1 amide bonds. The van der Waals surface area contributed by atoms with Gasteiger partial charge < -0.3 is 34.2 Å². The van der Waals surface area contributed by atoms with Crippen LogP contribution < -0.4 is 19.1 Å². The molecule has 0 bridgehead atoms. The van der Waals surface area contributed by atoms with E-state index in [9.17, 15) is 4.79 Å². The van der Waals surface area contributed by atoms with E-state index in [-0.39, 0.29) is 11.8 Å². The summed E-state index contributed by atoms with van der Waals surface area (Å²) in [5.74, 6) is -0.720. The van der Waals surface area contributed by atoms with Gasteiger partial charge >= 0.3 is 11.9 Å². The van der Waals surface area contributed by atoms with Gasteiger partial charge in [-0.1, -0.05) is 30.3 Å². The maximum Gasteiger partial charge on any atom is 0.414 e. The first kappa shape index (κ1) is 32.3. The third kappa shape index (κ3) is 8.64. The van der Waals surface area contributed by atoms with Gasteiger partial charge in [0.15, 0.2) is 11.5 Å². The number of benzene rings is 3. The zero-order valence-corrected chi connectivity index (χ0v) is 24.9. The van der Waals surface area contributed by atoms with Crippen molar-refractivity contribution in [3.63, 3.8) is 0 Å². The quantitative estimate of drug-likeness (QED) is 0.328. The molecule has 0 radical (unpaired) electrons. The lowest BCUT2D eigenvalue weighted by atomic mass is 9.99. The lowest BCUT2D eigenvalue weighted by molar-refractivity contribution is -0.159. The number of hydrogen-bond acceptors (Lipinski definition) is 8. The molecular formula is C31H36N2O8S. The van der Waals surface area contributed by atoms with Gasteiger partial charge in [0.1, 0.15) is 5.75 Å². The predicted molar refractivity (Wildman–Crippen MR) is 161 cm³/mol. The lowest BCUT2D eigenvalue weighted by Gasteiger charge is -2.28. The van der Waals surface area contributed by atoms with E-state index in [0.717, 1.165) is 52.9 Å². The molecule has 11 heteroatoms. The van der Waals surface area contributed by atoms with Crippen LogP contribution >= 0.6 is 11.8 Å². The zero-order valence-electron chi connectivity index (χ0n) is 24.1. The second-order valence-electron chi connectivity index (χ2n) is 9.45. The van der Waals surface area contributed by atoms with E-state index < -0.39 is 11.9 Å². The number of aliphatic carboxylic acids is 2. The minimum Gasteiger partial charge on any atom is -0.497 e. The van der Waals surface area contributed by atoms with Crippen molar-refractivity contribution in [2.24, 2.45) is 0 Å². The molecule has 0 aromatic heterocycles. The highest BCUT2D eigenvalue weighted by molar-refractivity contribution is 7.99. The van der Waals surface area contributed by atoms with Crippen molar-refractivity contribution in [2.45, 2.75) is 17.2 Å². The first-order valence-corrected chi connectivity index (χ1v) is 14.2. The minimum atomic E-state index is -1.82. The molecule has 0 aliphatic carbocycles. The molecule has 0 saturated carbocycles. The number of fused-ring (bicyclic) bond motifs is 1. The molecular weight excluding hydrogens is 560 g/mol. The van der Waals surface area contributed by atoms with Crippen molar-refractivity contribution < 1.29 is 38.8 Å². The Hall–Kier alpha value is -4.22. The Morgan fingerprint density at radius 3 is 2.19 bits per heavy atom. The summed E-state index contributed by atoms with van der Waals surface area (Å²) < 4.78 is 16.1. The smallest absolute Gasteiger partial charge is 0.414 e. The molecule has 1 atom stereocenters. The van der Waals surface area contributed by atoms with Gasteiger partial charge in [0.05, 0.1) is 32.9 Å².